The summed E-state index contributed by atoms with van der Waals surface area (Å²) < 4.78 is 72.0. The average Bonchev–Trinajstić information content (AvgIpc) is 3.44. The molecule has 5 heterocycles. The monoisotopic (exact) mass is 518 g/mol. The first-order valence-electron chi connectivity index (χ1n) is 11.8. The lowest BCUT2D eigenvalue weighted by molar-refractivity contribution is -0.141. The summed E-state index contributed by atoms with van der Waals surface area (Å²) in [6.45, 7) is 3.68. The minimum absolute atomic E-state index is 0.0711. The van der Waals surface area contributed by atoms with Crippen molar-refractivity contribution in [2.24, 2.45) is 0 Å². The van der Waals surface area contributed by atoms with Gasteiger partial charge in [-0.05, 0) is 37.1 Å². The summed E-state index contributed by atoms with van der Waals surface area (Å²) in [6.07, 6.45) is -1.80. The van der Waals surface area contributed by atoms with Crippen LogP contribution < -0.4 is 20.1 Å². The van der Waals surface area contributed by atoms with Crippen molar-refractivity contribution in [2.75, 3.05) is 18.1 Å². The van der Waals surface area contributed by atoms with E-state index in [1.54, 1.807) is 4.57 Å². The number of pyridine rings is 1. The zero-order valence-corrected chi connectivity index (χ0v) is 19.7. The zero-order chi connectivity index (χ0) is 25.9. The van der Waals surface area contributed by atoms with E-state index in [1.165, 1.54) is 18.2 Å². The minimum Gasteiger partial charge on any atom is -0.472 e. The largest absolute Gasteiger partial charge is 0.472 e. The number of nitrogens with zero attached hydrogens (tertiary/aromatic N) is 4. The molecule has 6 rings (SSSR count). The highest BCUT2D eigenvalue weighted by Crippen LogP contribution is 2.47. The van der Waals surface area contributed by atoms with Gasteiger partial charge in [0.1, 0.15) is 23.9 Å². The number of morpholine rings is 1. The average molecular weight is 518 g/mol. The number of fused-ring (bicyclic) bond motifs is 3. The first-order valence-corrected chi connectivity index (χ1v) is 11.8. The van der Waals surface area contributed by atoms with E-state index in [0.717, 1.165) is 36.5 Å². The van der Waals surface area contributed by atoms with Gasteiger partial charge < -0.3 is 19.1 Å². The summed E-state index contributed by atoms with van der Waals surface area (Å²) in [5, 5.41) is 0. The lowest BCUT2D eigenvalue weighted by Crippen LogP contribution is -2.55. The third-order valence-corrected chi connectivity index (χ3v) is 7.17. The van der Waals surface area contributed by atoms with E-state index < -0.39 is 23.4 Å². The standard InChI is InChI=1S/C25H22F4N4O4/c1-14-21(31-23(34)32-7-5-24-10-17(36-13-24)11-33(24)22(14)32)35-12-15-2-3-19(18(26)8-15)37-16-4-6-30-20(9-16)25(27,28)29/h2-4,6,8-9,17H,5,7,10-13H2,1H3/t17-,24-/m0/s1. The maximum atomic E-state index is 14.7. The van der Waals surface area contributed by atoms with Crippen LogP contribution in [0.1, 0.15) is 29.7 Å². The molecule has 0 aliphatic carbocycles. The second-order valence-electron chi connectivity index (χ2n) is 9.55. The molecule has 8 nitrogen and oxygen atoms in total. The van der Waals surface area contributed by atoms with E-state index in [9.17, 15) is 22.4 Å². The Balaban J connectivity index is 1.20. The van der Waals surface area contributed by atoms with Crippen LogP contribution in [0.5, 0.6) is 17.4 Å². The van der Waals surface area contributed by atoms with Crippen LogP contribution in [0.4, 0.5) is 23.4 Å². The van der Waals surface area contributed by atoms with Crippen molar-refractivity contribution < 1.29 is 31.8 Å². The fourth-order valence-electron chi connectivity index (χ4n) is 5.39. The Morgan fingerprint density at radius 3 is 2.84 bits per heavy atom. The predicted octanol–water partition coefficient (Wildman–Crippen LogP) is 4.23. The van der Waals surface area contributed by atoms with Crippen molar-refractivity contribution >= 4 is 5.82 Å². The molecule has 0 amide bonds. The van der Waals surface area contributed by atoms with Crippen molar-refractivity contribution in [3.63, 3.8) is 0 Å². The summed E-state index contributed by atoms with van der Waals surface area (Å²) in [7, 11) is 0. The second-order valence-corrected chi connectivity index (χ2v) is 9.55. The van der Waals surface area contributed by atoms with Crippen molar-refractivity contribution in [1.29, 1.82) is 0 Å². The van der Waals surface area contributed by atoms with Gasteiger partial charge in [-0.2, -0.15) is 18.2 Å². The third kappa shape index (κ3) is 4.08. The van der Waals surface area contributed by atoms with E-state index in [-0.39, 0.29) is 35.6 Å². The highest BCUT2D eigenvalue weighted by atomic mass is 19.4. The first kappa shape index (κ1) is 23.7. The molecule has 12 heteroatoms. The Hall–Kier alpha value is -3.67. The van der Waals surface area contributed by atoms with Crippen LogP contribution in [0.3, 0.4) is 0 Å². The number of hydrogen-bond donors (Lipinski definition) is 0. The number of halogens is 4. The van der Waals surface area contributed by atoms with Crippen LogP contribution in [-0.4, -0.2) is 39.3 Å². The molecule has 2 atom stereocenters. The molecule has 0 N–H and O–H groups in total. The molecule has 37 heavy (non-hydrogen) atoms. The highest BCUT2D eigenvalue weighted by molar-refractivity contribution is 5.57. The molecule has 2 fully saturated rings. The molecule has 2 bridgehead atoms. The summed E-state index contributed by atoms with van der Waals surface area (Å²) in [6, 6.07) is 5.89. The number of aromatic nitrogens is 3. The molecule has 3 aliphatic heterocycles. The number of anilines is 1. The molecular formula is C25H22F4N4O4. The van der Waals surface area contributed by atoms with Gasteiger partial charge in [0.05, 0.1) is 23.8 Å². The van der Waals surface area contributed by atoms with E-state index >= 15 is 0 Å². The van der Waals surface area contributed by atoms with Crippen LogP contribution in [0.2, 0.25) is 0 Å². The van der Waals surface area contributed by atoms with Gasteiger partial charge in [-0.15, -0.1) is 0 Å². The van der Waals surface area contributed by atoms with E-state index in [2.05, 4.69) is 14.9 Å². The Bertz CT molecular complexity index is 1440. The van der Waals surface area contributed by atoms with Crippen molar-refractivity contribution in [3.8, 4) is 17.4 Å². The fraction of sp³-hybridized carbons (Fsp3) is 0.400. The molecule has 0 radical (unpaired) electrons. The van der Waals surface area contributed by atoms with E-state index in [4.69, 9.17) is 14.2 Å². The zero-order valence-electron chi connectivity index (χ0n) is 19.7. The quantitative estimate of drug-likeness (QED) is 0.468. The lowest BCUT2D eigenvalue weighted by Gasteiger charge is -2.45. The summed E-state index contributed by atoms with van der Waals surface area (Å²) in [5.74, 6) is -0.261. The van der Waals surface area contributed by atoms with Gasteiger partial charge in [0.15, 0.2) is 11.6 Å². The smallest absolute Gasteiger partial charge is 0.433 e. The predicted molar refractivity (Wildman–Crippen MR) is 122 cm³/mol. The fourth-order valence-corrected chi connectivity index (χ4v) is 5.39. The van der Waals surface area contributed by atoms with Gasteiger partial charge in [-0.1, -0.05) is 6.07 Å². The Morgan fingerprint density at radius 1 is 1.24 bits per heavy atom. The van der Waals surface area contributed by atoms with Gasteiger partial charge in [0, 0.05) is 31.8 Å². The number of alkyl halides is 3. The molecule has 3 aromatic rings. The molecule has 1 aromatic carbocycles. The maximum absolute atomic E-state index is 14.7. The first-order chi connectivity index (χ1) is 17.6. The van der Waals surface area contributed by atoms with Crippen LogP contribution in [0, 0.1) is 12.7 Å². The summed E-state index contributed by atoms with van der Waals surface area (Å²) in [4.78, 5) is 22.4. The Labute approximate surface area is 208 Å². The lowest BCUT2D eigenvalue weighted by atomic mass is 9.92. The molecule has 0 unspecified atom stereocenters. The molecule has 2 aromatic heterocycles. The molecule has 1 spiro atoms. The molecular weight excluding hydrogens is 496 g/mol. The van der Waals surface area contributed by atoms with Crippen LogP contribution in [0.15, 0.2) is 41.3 Å². The molecule has 194 valence electrons. The topological polar surface area (TPSA) is 78.7 Å². The molecule has 2 saturated heterocycles. The van der Waals surface area contributed by atoms with Crippen molar-refractivity contribution in [2.45, 2.75) is 50.7 Å². The van der Waals surface area contributed by atoms with Crippen molar-refractivity contribution in [3.05, 3.63) is 69.7 Å². The van der Waals surface area contributed by atoms with Gasteiger partial charge in [0.25, 0.3) is 0 Å². The normalized spacial score (nSPS) is 22.1. The molecule has 3 aliphatic rings. The van der Waals surface area contributed by atoms with Crippen LogP contribution >= 0.6 is 0 Å². The van der Waals surface area contributed by atoms with Gasteiger partial charge >= 0.3 is 11.9 Å². The van der Waals surface area contributed by atoms with Gasteiger partial charge in [-0.25, -0.2) is 9.18 Å². The van der Waals surface area contributed by atoms with Crippen LogP contribution in [0.25, 0.3) is 0 Å². The Morgan fingerprint density at radius 2 is 2.08 bits per heavy atom. The number of rotatable bonds is 5. The Kier molecular flexibility index (Phi) is 5.41. The SMILES string of the molecule is Cc1c(OCc2ccc(Oc3ccnc(C(F)(F)F)c3)c(F)c2)nc(=O)n2c1N1C[C@@H]3C[C@@]1(CC2)CO3. The van der Waals surface area contributed by atoms with E-state index in [1.807, 2.05) is 6.92 Å². The second kappa shape index (κ2) is 8.44. The number of hydrogen-bond acceptors (Lipinski definition) is 7. The van der Waals surface area contributed by atoms with E-state index in [0.29, 0.717) is 31.3 Å². The van der Waals surface area contributed by atoms with Gasteiger partial charge in [0.2, 0.25) is 5.88 Å². The van der Waals surface area contributed by atoms with Crippen molar-refractivity contribution in [1.82, 2.24) is 14.5 Å². The van der Waals surface area contributed by atoms with Crippen LogP contribution in [-0.2, 0) is 24.1 Å². The summed E-state index contributed by atoms with van der Waals surface area (Å²) >= 11 is 0. The maximum Gasteiger partial charge on any atom is 0.433 e. The third-order valence-electron chi connectivity index (χ3n) is 7.17. The number of benzene rings is 1. The van der Waals surface area contributed by atoms with Gasteiger partial charge in [-0.3, -0.25) is 9.55 Å². The number of ether oxygens (including phenoxy) is 3. The molecule has 0 saturated carbocycles. The highest BCUT2D eigenvalue weighted by Gasteiger charge is 2.54. The minimum atomic E-state index is -4.65. The summed E-state index contributed by atoms with van der Waals surface area (Å²) in [5.41, 5.74) is -0.488.